The number of nitrogens with zero attached hydrogens (tertiary/aromatic N) is 6. The summed E-state index contributed by atoms with van der Waals surface area (Å²) in [6.07, 6.45) is 8.09. The van der Waals surface area contributed by atoms with Gasteiger partial charge in [0.05, 0.1) is 55.3 Å². The van der Waals surface area contributed by atoms with Crippen LogP contribution in [0.15, 0.2) is 97.5 Å². The van der Waals surface area contributed by atoms with Crippen molar-refractivity contribution in [1.82, 2.24) is 39.1 Å². The molecule has 8 N–H and O–H groups in total. The number of carboxylic acids is 1. The van der Waals surface area contributed by atoms with Crippen molar-refractivity contribution < 1.29 is 89.8 Å². The van der Waals surface area contributed by atoms with E-state index in [1.54, 1.807) is 125 Å². The van der Waals surface area contributed by atoms with Gasteiger partial charge in [-0.05, 0) is 148 Å². The number of carbonyl (C=O) groups is 12. The van der Waals surface area contributed by atoms with Crippen LogP contribution in [0.2, 0.25) is 0 Å². The molecule has 7 amide bonds. The molecule has 3 aromatic carbocycles. The zero-order chi connectivity index (χ0) is 79.7. The van der Waals surface area contributed by atoms with E-state index in [0.29, 0.717) is 87.2 Å². The summed E-state index contributed by atoms with van der Waals surface area (Å²) < 4.78 is 57.0. The molecule has 0 saturated carbocycles. The van der Waals surface area contributed by atoms with Crippen molar-refractivity contribution in [3.63, 3.8) is 0 Å². The molecule has 2 fully saturated rings. The van der Waals surface area contributed by atoms with Crippen molar-refractivity contribution in [2.45, 2.75) is 152 Å². The van der Waals surface area contributed by atoms with Crippen molar-refractivity contribution in [1.29, 1.82) is 0 Å². The van der Waals surface area contributed by atoms with Crippen LogP contribution in [-0.2, 0) is 89.7 Å². The lowest BCUT2D eigenvalue weighted by atomic mass is 9.86. The van der Waals surface area contributed by atoms with E-state index in [1.807, 2.05) is 0 Å². The molecule has 3 aliphatic rings. The Morgan fingerprint density at radius 3 is 2.18 bits per heavy atom. The van der Waals surface area contributed by atoms with Gasteiger partial charge in [0.2, 0.25) is 35.4 Å². The highest BCUT2D eigenvalue weighted by Crippen LogP contribution is 2.37. The molecule has 0 spiro atoms. The summed E-state index contributed by atoms with van der Waals surface area (Å²) in [6.45, 7) is 10.4. The lowest BCUT2D eigenvalue weighted by Crippen LogP contribution is -2.47. The number of imide groups is 1. The average Bonchev–Trinajstić information content (AvgIpc) is 1.61. The molecule has 6 heterocycles. The normalized spacial score (nSPS) is 16.5. The van der Waals surface area contributed by atoms with Gasteiger partial charge in [0.25, 0.3) is 27.8 Å². The molecule has 32 heteroatoms. The van der Waals surface area contributed by atoms with E-state index in [9.17, 15) is 75.6 Å². The molecule has 6 atom stereocenters. The number of rotatable bonds is 42. The van der Waals surface area contributed by atoms with Crippen LogP contribution in [0.4, 0.5) is 11.5 Å². The molecule has 0 aliphatic carbocycles. The number of carbonyl (C=O) groups excluding carboxylic acids is 11. The van der Waals surface area contributed by atoms with Gasteiger partial charge in [-0.15, -0.1) is 0 Å². The Kier molecular flexibility index (Phi) is 29.5. The Morgan fingerprint density at radius 1 is 0.755 bits per heavy atom. The molecule has 110 heavy (non-hydrogen) atoms. The third kappa shape index (κ3) is 22.2. The van der Waals surface area contributed by atoms with Gasteiger partial charge in [-0.3, -0.25) is 71.6 Å². The van der Waals surface area contributed by atoms with E-state index in [0.717, 1.165) is 10.5 Å². The molecule has 3 aliphatic heterocycles. The zero-order valence-corrected chi connectivity index (χ0v) is 64.3. The number of amides is 7. The van der Waals surface area contributed by atoms with Gasteiger partial charge < -0.3 is 60.4 Å². The second kappa shape index (κ2) is 38.6. The van der Waals surface area contributed by atoms with E-state index in [2.05, 4.69) is 32.8 Å². The number of aromatic nitrogens is 4. The lowest BCUT2D eigenvalue weighted by Gasteiger charge is -2.26. The summed E-state index contributed by atoms with van der Waals surface area (Å²) in [5, 5.41) is 19.6. The summed E-state index contributed by atoms with van der Waals surface area (Å²) in [7, 11) is -1.17. The van der Waals surface area contributed by atoms with Crippen molar-refractivity contribution in [3.05, 3.63) is 131 Å². The van der Waals surface area contributed by atoms with Crippen LogP contribution in [0.3, 0.4) is 0 Å². The number of hydrogen-bond acceptors (Lipinski definition) is 20. The first-order valence-electron chi connectivity index (χ1n) is 36.8. The molecule has 2 unspecified atom stereocenters. The third-order valence-corrected chi connectivity index (χ3v) is 22.1. The number of aliphatic carboxylic acids is 1. The topological polar surface area (TPSA) is 415 Å². The molecule has 6 aromatic rings. The quantitative estimate of drug-likeness (QED) is 0.00880. The number of ketones is 3. The average molecular weight is 1560 g/mol. The lowest BCUT2D eigenvalue weighted by molar-refractivity contribution is -0.139. The van der Waals surface area contributed by atoms with Crippen LogP contribution in [0.25, 0.3) is 22.0 Å². The monoisotopic (exact) mass is 1560 g/mol. The van der Waals surface area contributed by atoms with Gasteiger partial charge in [0.1, 0.15) is 22.5 Å². The Balaban J connectivity index is 0.719. The van der Waals surface area contributed by atoms with Crippen LogP contribution in [0.5, 0.6) is 5.75 Å². The van der Waals surface area contributed by atoms with Crippen molar-refractivity contribution >= 4 is 115 Å². The van der Waals surface area contributed by atoms with Crippen LogP contribution in [0, 0.1) is 18.8 Å². The Labute approximate surface area is 642 Å². The van der Waals surface area contributed by atoms with Crippen molar-refractivity contribution in [2.75, 3.05) is 69.6 Å². The fourth-order valence-corrected chi connectivity index (χ4v) is 15.5. The Morgan fingerprint density at radius 2 is 1.48 bits per heavy atom. The number of thioether (sulfide) groups is 1. The second-order valence-electron chi connectivity index (χ2n) is 28.4. The first kappa shape index (κ1) is 84.0. The number of likely N-dealkylation sites (tertiary alicyclic amines) is 1. The molecule has 9 rings (SSSR count). The van der Waals surface area contributed by atoms with Gasteiger partial charge in [-0.2, -0.15) is 20.2 Å². The first-order valence-corrected chi connectivity index (χ1v) is 39.6. The standard InChI is InChI=1S/C78H97N11O19S2/c1-46(2)56(41-64(92)59(20-22-72(96)97)81-70(94)25-31-107-33-32-106-29-10-12-55(90)24-28-88-71(95)42-66(109-7)78(88)102)74(98)82-58(13-8-9-26-79)63(91)37-49-15-21-60-51(36-49)23-27-87(60)77(101)62-38-53(44-85(62)5)50-16-18-54(19-17-50)80-75(99)73-84-68(45-86(73)6)83-69(93)14-11-30-108-65-39-52-40-67(110(103,104)105)61-34-47(3)43-89(61)76(100)57(52)35-48(65)4/h15-19,21,23,27,35-36,38-39,44-46,56,58-59,61,66-67H,3,8-14,20,22,24-26,28-34,37,40-43,79H2,1-2,4-7H3,(H,80,99)(H,81,94)(H,82,98)(H,83,93)(H,96,97)(H,103,104,105)/t56-,58-,59-,61-,66?,67?/m0/s1. The molecule has 30 nitrogen and oxygen atoms in total. The van der Waals surface area contributed by atoms with Crippen LogP contribution < -0.4 is 31.7 Å². The highest BCUT2D eigenvalue weighted by molar-refractivity contribution is 8.00. The van der Waals surface area contributed by atoms with Crippen LogP contribution in [0.1, 0.15) is 152 Å². The number of aryl methyl sites for hydroxylation is 3. The van der Waals surface area contributed by atoms with Gasteiger partial charge in [-0.25, -0.2) is 4.98 Å². The number of Topliss-reactive ketones (excluding diaryl/α,β-unsaturated/α-hetero) is 3. The van der Waals surface area contributed by atoms with Gasteiger partial charge in [0.15, 0.2) is 17.4 Å². The second-order valence-corrected chi connectivity index (χ2v) is 31.1. The number of unbranched alkanes of at least 4 members (excludes halogenated alkanes) is 1. The highest BCUT2D eigenvalue weighted by Gasteiger charge is 2.46. The largest absolute Gasteiger partial charge is 0.493 e. The number of nitrogens with two attached hydrogens (primary N) is 1. The smallest absolute Gasteiger partial charge is 0.303 e. The third-order valence-electron chi connectivity index (χ3n) is 19.9. The maximum atomic E-state index is 14.3. The summed E-state index contributed by atoms with van der Waals surface area (Å²) in [5.74, 6) is -6.23. The Hall–Kier alpha value is -9.99. The number of ether oxygens (including phenoxy) is 3. The summed E-state index contributed by atoms with van der Waals surface area (Å²) in [5.41, 5.74) is 11.4. The van der Waals surface area contributed by atoms with E-state index >= 15 is 0 Å². The van der Waals surface area contributed by atoms with Gasteiger partial charge in [-0.1, -0.05) is 44.2 Å². The fourth-order valence-electron chi connectivity index (χ4n) is 13.8. The van der Waals surface area contributed by atoms with E-state index < -0.39 is 86.5 Å². The Bertz CT molecular complexity index is 4580. The summed E-state index contributed by atoms with van der Waals surface area (Å²) in [4.78, 5) is 165. The number of fused-ring (bicyclic) bond motifs is 3. The van der Waals surface area contributed by atoms with E-state index in [-0.39, 0.29) is 176 Å². The van der Waals surface area contributed by atoms with Crippen molar-refractivity contribution in [2.24, 2.45) is 31.7 Å². The maximum absolute atomic E-state index is 14.3. The molecular weight excluding hydrogens is 1460 g/mol. The number of nitrogens with one attached hydrogen (secondary N) is 4. The predicted molar refractivity (Wildman–Crippen MR) is 410 cm³/mol. The van der Waals surface area contributed by atoms with Crippen molar-refractivity contribution in [3.8, 4) is 16.9 Å². The number of imidazole rings is 1. The van der Waals surface area contributed by atoms with E-state index in [1.165, 1.54) is 32.0 Å². The first-order chi connectivity index (χ1) is 52.4. The highest BCUT2D eigenvalue weighted by atomic mass is 32.2. The summed E-state index contributed by atoms with van der Waals surface area (Å²) in [6, 6.07) is 16.1. The number of benzene rings is 3. The molecular formula is C78H97N11O19S2. The molecule has 590 valence electrons. The van der Waals surface area contributed by atoms with E-state index in [4.69, 9.17) is 19.9 Å². The minimum absolute atomic E-state index is 0.0170. The minimum atomic E-state index is -4.52. The molecule has 3 aromatic heterocycles. The van der Waals surface area contributed by atoms with Gasteiger partial charge in [0, 0.05) is 132 Å². The maximum Gasteiger partial charge on any atom is 0.303 e. The molecule has 0 bridgehead atoms. The molecule has 0 radical (unpaired) electrons. The van der Waals surface area contributed by atoms with Crippen LogP contribution >= 0.6 is 11.8 Å². The fraction of sp³-hybridized carbons (Fsp3) is 0.474. The number of anilines is 2. The minimum Gasteiger partial charge on any atom is -0.493 e. The van der Waals surface area contributed by atoms with Crippen LogP contribution in [-0.4, -0.2) is 205 Å². The SMILES string of the molecule is C=C1C[C@H]2C(S(=O)(=O)O)Cc3cc(OCCCC(=O)Nc4cn(C)c(C(=O)Nc5ccc(-c6cc(C(=O)n7ccc8cc(CC(=O)[C@H](CCCCN)NC(=O)[C@@H](CC(=O)[C@H](CCC(=O)O)NC(=O)CCOCCOCCCC(=O)CCN9C(=O)CC(SC)C9=O)C(C)C)ccc87)n(C)c6)cc5)n4)c(C)cc3C(=O)N2C1. The number of carboxylic acid groups (broad SMARTS) is 1. The summed E-state index contributed by atoms with van der Waals surface area (Å²) >= 11 is 1.31. The van der Waals surface area contributed by atoms with Gasteiger partial charge >= 0.3 is 5.97 Å². The zero-order valence-electron chi connectivity index (χ0n) is 62.7. The molecule has 2 saturated heterocycles. The number of hydrogen-bond donors (Lipinski definition) is 7. The predicted octanol–water partition coefficient (Wildman–Crippen LogP) is 6.97.